The summed E-state index contributed by atoms with van der Waals surface area (Å²) in [6.07, 6.45) is 2.43. The Kier molecular flexibility index (Phi) is 10.1. The van der Waals surface area contributed by atoms with Crippen molar-refractivity contribution in [1.29, 1.82) is 0 Å². The van der Waals surface area contributed by atoms with Gasteiger partial charge in [0.05, 0.1) is 30.6 Å². The first-order valence-electron chi connectivity index (χ1n) is 15.8. The molecule has 0 atom stereocenters. The largest absolute Gasteiger partial charge is 0.493 e. The van der Waals surface area contributed by atoms with E-state index in [2.05, 4.69) is 32.2 Å². The summed E-state index contributed by atoms with van der Waals surface area (Å²) in [5.41, 5.74) is 0.425. The van der Waals surface area contributed by atoms with Crippen LogP contribution in [0.1, 0.15) is 22.5 Å². The predicted molar refractivity (Wildman–Crippen MR) is 181 cm³/mol. The minimum absolute atomic E-state index is 0.0906. The van der Waals surface area contributed by atoms with Crippen LogP contribution in [0.4, 0.5) is 14.5 Å². The predicted octanol–water partition coefficient (Wildman–Crippen LogP) is 5.44. The Morgan fingerprint density at radius 2 is 1.69 bits per heavy atom. The van der Waals surface area contributed by atoms with Crippen LogP contribution < -0.4 is 25.1 Å². The maximum absolute atomic E-state index is 15.3. The number of carbonyl (C=O) groups is 1. The topological polar surface area (TPSA) is 111 Å². The Bertz CT molecular complexity index is 2030. The van der Waals surface area contributed by atoms with Crippen molar-refractivity contribution in [2.75, 3.05) is 58.8 Å². The Labute approximate surface area is 281 Å². The average Bonchev–Trinajstić information content (AvgIpc) is 3.09. The maximum atomic E-state index is 15.3. The zero-order valence-electron chi connectivity index (χ0n) is 27.4. The number of aromatic nitrogens is 3. The Morgan fingerprint density at radius 1 is 0.918 bits per heavy atom. The molecule has 0 radical (unpaired) electrons. The second-order valence-corrected chi connectivity index (χ2v) is 11.8. The van der Waals surface area contributed by atoms with Gasteiger partial charge in [-0.2, -0.15) is 9.78 Å². The number of benzene rings is 3. The van der Waals surface area contributed by atoms with Gasteiger partial charge in [-0.15, -0.1) is 0 Å². The van der Waals surface area contributed by atoms with Crippen molar-refractivity contribution in [3.05, 3.63) is 106 Å². The highest BCUT2D eigenvalue weighted by molar-refractivity contribution is 6.04. The van der Waals surface area contributed by atoms with Crippen LogP contribution >= 0.6 is 0 Å². The first-order chi connectivity index (χ1) is 23.7. The number of hydrogen-bond acceptors (Lipinski definition) is 9. The van der Waals surface area contributed by atoms with Gasteiger partial charge in [0.15, 0.2) is 23.1 Å². The van der Waals surface area contributed by atoms with E-state index in [0.29, 0.717) is 46.1 Å². The number of halogens is 2. The normalized spacial score (nSPS) is 13.7. The maximum Gasteiger partial charge on any atom is 0.284 e. The van der Waals surface area contributed by atoms with Crippen molar-refractivity contribution in [1.82, 2.24) is 24.6 Å². The molecule has 5 aromatic rings. The minimum Gasteiger partial charge on any atom is -0.493 e. The van der Waals surface area contributed by atoms with E-state index in [1.807, 2.05) is 0 Å². The molecule has 0 bridgehead atoms. The van der Waals surface area contributed by atoms with Crippen LogP contribution in [-0.2, 0) is 0 Å². The fraction of sp³-hybridized carbons (Fsp3) is 0.278. The summed E-state index contributed by atoms with van der Waals surface area (Å²) in [6, 6.07) is 15.5. The second-order valence-electron chi connectivity index (χ2n) is 11.8. The molecule has 0 spiro atoms. The lowest BCUT2D eigenvalue weighted by Crippen LogP contribution is -2.44. The third-order valence-corrected chi connectivity index (χ3v) is 8.22. The van der Waals surface area contributed by atoms with E-state index >= 15 is 4.39 Å². The van der Waals surface area contributed by atoms with Gasteiger partial charge in [0.2, 0.25) is 0 Å². The standard InChI is InChI=1S/C36H36F2N6O5/c1-23-19-28(36(46)44(41-23)26-8-5-24(37)6-9-26)35(45)40-25-7-10-32(29(38)20-25)49-31-11-12-39-30-22-34(33(47-3)21-27(30)31)48-18-4-13-43-16-14-42(2)15-17-43/h5-12,19-22H,4,13-18H2,1-3H3,(H,40,45). The van der Waals surface area contributed by atoms with E-state index in [0.717, 1.165) is 49.9 Å². The number of pyridine rings is 1. The van der Waals surface area contributed by atoms with Crippen LogP contribution in [0, 0.1) is 18.6 Å². The highest BCUT2D eigenvalue weighted by Crippen LogP contribution is 2.38. The number of nitrogens with zero attached hydrogens (tertiary/aromatic N) is 5. The number of piperazine rings is 1. The zero-order valence-corrected chi connectivity index (χ0v) is 27.4. The summed E-state index contributed by atoms with van der Waals surface area (Å²) >= 11 is 0. The van der Waals surface area contributed by atoms with Gasteiger partial charge in [-0.1, -0.05) is 0 Å². The summed E-state index contributed by atoms with van der Waals surface area (Å²) in [6.45, 7) is 7.32. The Hall–Kier alpha value is -5.40. The third kappa shape index (κ3) is 7.85. The monoisotopic (exact) mass is 670 g/mol. The van der Waals surface area contributed by atoms with Crippen molar-refractivity contribution in [2.24, 2.45) is 0 Å². The molecule has 13 heteroatoms. The van der Waals surface area contributed by atoms with E-state index in [9.17, 15) is 14.0 Å². The van der Waals surface area contributed by atoms with Gasteiger partial charge in [0.1, 0.15) is 17.1 Å². The van der Waals surface area contributed by atoms with E-state index in [4.69, 9.17) is 14.2 Å². The first-order valence-corrected chi connectivity index (χ1v) is 15.8. The molecule has 0 unspecified atom stereocenters. The Morgan fingerprint density at radius 3 is 2.43 bits per heavy atom. The number of carbonyl (C=O) groups excluding carboxylic acids is 1. The average molecular weight is 671 g/mol. The van der Waals surface area contributed by atoms with E-state index in [-0.39, 0.29) is 17.0 Å². The molecule has 1 N–H and O–H groups in total. The number of rotatable bonds is 11. The third-order valence-electron chi connectivity index (χ3n) is 8.22. The highest BCUT2D eigenvalue weighted by atomic mass is 19.1. The lowest BCUT2D eigenvalue weighted by Gasteiger charge is -2.32. The van der Waals surface area contributed by atoms with E-state index < -0.39 is 23.1 Å². The van der Waals surface area contributed by atoms with Gasteiger partial charge in [-0.25, -0.2) is 8.78 Å². The molecule has 1 aliphatic rings. The molecule has 49 heavy (non-hydrogen) atoms. The molecule has 6 rings (SSSR count). The van der Waals surface area contributed by atoms with Crippen LogP contribution in [0.5, 0.6) is 23.0 Å². The quantitative estimate of drug-likeness (QED) is 0.184. The van der Waals surface area contributed by atoms with Gasteiger partial charge in [-0.3, -0.25) is 14.6 Å². The number of hydrogen-bond donors (Lipinski definition) is 1. The Balaban J connectivity index is 1.14. The number of ether oxygens (including phenoxy) is 3. The minimum atomic E-state index is -0.760. The fourth-order valence-corrected chi connectivity index (χ4v) is 5.55. The van der Waals surface area contributed by atoms with Gasteiger partial charge in [0.25, 0.3) is 11.5 Å². The smallest absolute Gasteiger partial charge is 0.284 e. The van der Waals surface area contributed by atoms with E-state index in [1.54, 1.807) is 38.4 Å². The molecular weight excluding hydrogens is 634 g/mol. The molecule has 1 saturated heterocycles. The SMILES string of the molecule is COc1cc2c(Oc3ccc(NC(=O)c4cc(C)nn(-c5ccc(F)cc5)c4=O)cc3F)ccnc2cc1OCCCN1CCN(C)CC1. The van der Waals surface area contributed by atoms with Crippen molar-refractivity contribution >= 4 is 22.5 Å². The number of nitrogens with one attached hydrogen (secondary N) is 1. The molecule has 0 aliphatic carbocycles. The summed E-state index contributed by atoms with van der Waals surface area (Å²) < 4.78 is 47.4. The first kappa shape index (κ1) is 33.5. The lowest BCUT2D eigenvalue weighted by atomic mass is 10.1. The molecule has 3 aromatic carbocycles. The molecule has 1 amide bonds. The molecule has 11 nitrogen and oxygen atoms in total. The number of anilines is 1. The molecule has 1 aliphatic heterocycles. The number of aryl methyl sites for hydroxylation is 1. The van der Waals surface area contributed by atoms with Crippen molar-refractivity contribution < 1.29 is 27.8 Å². The lowest BCUT2D eigenvalue weighted by molar-refractivity contribution is 0.102. The summed E-state index contributed by atoms with van der Waals surface area (Å²) in [5.74, 6) is -0.683. The summed E-state index contributed by atoms with van der Waals surface area (Å²) in [7, 11) is 3.68. The van der Waals surface area contributed by atoms with Gasteiger partial charge < -0.3 is 29.3 Å². The van der Waals surface area contributed by atoms with Gasteiger partial charge >= 0.3 is 0 Å². The molecule has 0 saturated carbocycles. The molecule has 254 valence electrons. The zero-order chi connectivity index (χ0) is 34.5. The molecular formula is C36H36F2N6O5. The number of fused-ring (bicyclic) bond motifs is 1. The van der Waals surface area contributed by atoms with E-state index in [1.165, 1.54) is 42.5 Å². The van der Waals surface area contributed by atoms with Crippen LogP contribution in [0.3, 0.4) is 0 Å². The van der Waals surface area contributed by atoms with Crippen molar-refractivity contribution in [2.45, 2.75) is 13.3 Å². The van der Waals surface area contributed by atoms with Gasteiger partial charge in [-0.05, 0) is 75.0 Å². The highest BCUT2D eigenvalue weighted by Gasteiger charge is 2.19. The summed E-state index contributed by atoms with van der Waals surface area (Å²) in [5, 5.41) is 7.31. The van der Waals surface area contributed by atoms with Crippen LogP contribution in [0.25, 0.3) is 16.6 Å². The summed E-state index contributed by atoms with van der Waals surface area (Å²) in [4.78, 5) is 35.4. The molecule has 1 fully saturated rings. The number of methoxy groups -OCH3 is 1. The fourth-order valence-electron chi connectivity index (χ4n) is 5.55. The number of likely N-dealkylation sites (N-methyl/N-ethyl adjacent to an activating group) is 1. The van der Waals surface area contributed by atoms with Crippen LogP contribution in [0.2, 0.25) is 0 Å². The van der Waals surface area contributed by atoms with Crippen molar-refractivity contribution in [3.63, 3.8) is 0 Å². The van der Waals surface area contributed by atoms with Gasteiger partial charge in [0, 0.05) is 62.1 Å². The van der Waals surface area contributed by atoms with Crippen LogP contribution in [-0.4, -0.2) is 84.0 Å². The molecule has 2 aromatic heterocycles. The molecule has 3 heterocycles. The second kappa shape index (κ2) is 14.8. The van der Waals surface area contributed by atoms with Crippen LogP contribution in [0.15, 0.2) is 77.7 Å². The number of amides is 1. The van der Waals surface area contributed by atoms with Crippen molar-refractivity contribution in [3.8, 4) is 28.7 Å².